The lowest BCUT2D eigenvalue weighted by atomic mass is 9.59. The van der Waals surface area contributed by atoms with Crippen LogP contribution in [0.15, 0.2) is 121 Å². The molecule has 5 aromatic carbocycles. The van der Waals surface area contributed by atoms with E-state index in [1.165, 1.54) is 11.8 Å². The maximum absolute atomic E-state index is 16.2. The average Bonchev–Trinajstić information content (AvgIpc) is 3.99. The first kappa shape index (κ1) is 31.1. The van der Waals surface area contributed by atoms with Gasteiger partial charge >= 0.3 is 5.97 Å². The van der Waals surface area contributed by atoms with Crippen molar-refractivity contribution >= 4 is 40.4 Å². The Hall–Kier alpha value is -6.68. The van der Waals surface area contributed by atoms with E-state index < -0.39 is 40.4 Å². The van der Waals surface area contributed by atoms with Crippen LogP contribution in [0.5, 0.6) is 28.7 Å². The van der Waals surface area contributed by atoms with Crippen molar-refractivity contribution in [2.24, 2.45) is 11.8 Å². The summed E-state index contributed by atoms with van der Waals surface area (Å²) in [5.41, 5.74) is 0.746. The summed E-state index contributed by atoms with van der Waals surface area (Å²) in [4.78, 5) is 59.6. The van der Waals surface area contributed by atoms with E-state index in [-0.39, 0.29) is 25.1 Å². The second kappa shape index (κ2) is 11.2. The molecule has 1 saturated carbocycles. The van der Waals surface area contributed by atoms with Gasteiger partial charge in [-0.2, -0.15) is 0 Å². The highest BCUT2D eigenvalue weighted by Crippen LogP contribution is 2.74. The van der Waals surface area contributed by atoms with Gasteiger partial charge in [-0.25, -0.2) is 4.90 Å². The summed E-state index contributed by atoms with van der Waals surface area (Å²) in [5.74, 6) is -1.60. The van der Waals surface area contributed by atoms with Gasteiger partial charge in [-0.1, -0.05) is 72.8 Å². The number of rotatable bonds is 6. The summed E-state index contributed by atoms with van der Waals surface area (Å²) >= 11 is 0. The van der Waals surface area contributed by atoms with Crippen LogP contribution < -0.4 is 28.6 Å². The van der Waals surface area contributed by atoms with Crippen molar-refractivity contribution in [1.82, 2.24) is 0 Å². The summed E-state index contributed by atoms with van der Waals surface area (Å²) in [7, 11) is 0. The minimum absolute atomic E-state index is 0.0481. The number of anilines is 1. The zero-order valence-electron chi connectivity index (χ0n) is 28.2. The van der Waals surface area contributed by atoms with E-state index in [1.807, 2.05) is 97.1 Å². The van der Waals surface area contributed by atoms with Crippen molar-refractivity contribution < 1.29 is 42.9 Å². The first-order chi connectivity index (χ1) is 25.8. The molecular formula is C43H29NO9. The van der Waals surface area contributed by atoms with Gasteiger partial charge in [0.05, 0.1) is 28.4 Å². The standard InChI is InChI=1S/C43H29NO9/c1-24(45)53-30-16-14-29(15-17-30)44-39(46)37-38(40(44)47)43(28-10-6-3-7-11-28)36(26-13-19-32-34(21-26)52-23-50-32)35(25-12-18-31-33(20-25)51-22-49-31)42(37,41(43)48)27-8-4-2-5-9-27/h2-21,37-38H,22-23H2,1H3/t37-,38-,42-,43-/m0/s1. The Morgan fingerprint density at radius 2 is 1.06 bits per heavy atom. The fourth-order valence-electron chi connectivity index (χ4n) is 9.31. The van der Waals surface area contributed by atoms with Gasteiger partial charge in [0.2, 0.25) is 25.4 Å². The van der Waals surface area contributed by atoms with Crippen molar-refractivity contribution in [2.75, 3.05) is 18.5 Å². The van der Waals surface area contributed by atoms with Crippen molar-refractivity contribution in [3.63, 3.8) is 0 Å². The lowest BCUT2D eigenvalue weighted by Crippen LogP contribution is -2.45. The third kappa shape index (κ3) is 4.03. The molecule has 0 radical (unpaired) electrons. The predicted octanol–water partition coefficient (Wildman–Crippen LogP) is 6.26. The van der Waals surface area contributed by atoms with Gasteiger partial charge in [0.15, 0.2) is 28.8 Å². The number of ketones is 1. The van der Waals surface area contributed by atoms with Crippen molar-refractivity contribution in [2.45, 2.75) is 17.8 Å². The van der Waals surface area contributed by atoms with E-state index in [0.717, 1.165) is 0 Å². The molecule has 2 fully saturated rings. The molecule has 2 aliphatic carbocycles. The summed E-state index contributed by atoms with van der Waals surface area (Å²) in [6.45, 7) is 1.39. The van der Waals surface area contributed by atoms with Crippen LogP contribution in [-0.2, 0) is 30.0 Å². The highest BCUT2D eigenvalue weighted by atomic mass is 16.7. The normalized spacial score (nSPS) is 24.6. The molecule has 5 aliphatic rings. The maximum atomic E-state index is 16.2. The molecule has 3 heterocycles. The minimum Gasteiger partial charge on any atom is -0.454 e. The first-order valence-corrected chi connectivity index (χ1v) is 17.2. The number of Topliss-reactive ketones (excluding diaryl/α,β-unsaturated/α-hetero) is 1. The Labute approximate surface area is 303 Å². The highest BCUT2D eigenvalue weighted by molar-refractivity contribution is 6.39. The Kier molecular flexibility index (Phi) is 6.54. The van der Waals surface area contributed by atoms with Crippen LogP contribution in [0, 0.1) is 11.8 Å². The summed E-state index contributed by atoms with van der Waals surface area (Å²) in [5, 5.41) is 0. The van der Waals surface area contributed by atoms with Crippen LogP contribution in [0.2, 0.25) is 0 Å². The fraction of sp³-hybridized carbons (Fsp3) is 0.163. The number of nitrogens with zero attached hydrogens (tertiary/aromatic N) is 1. The van der Waals surface area contributed by atoms with Crippen LogP contribution in [0.4, 0.5) is 5.69 Å². The molecule has 5 aromatic rings. The number of ether oxygens (including phenoxy) is 5. The Morgan fingerprint density at radius 3 is 1.51 bits per heavy atom. The lowest BCUT2D eigenvalue weighted by molar-refractivity contribution is -0.132. The Balaban J connectivity index is 1.32. The van der Waals surface area contributed by atoms with Gasteiger partial charge in [-0.05, 0) is 81.9 Å². The van der Waals surface area contributed by atoms with E-state index >= 15 is 14.4 Å². The van der Waals surface area contributed by atoms with Crippen LogP contribution in [0.1, 0.15) is 29.2 Å². The number of imide groups is 1. The molecule has 260 valence electrons. The number of hydrogen-bond donors (Lipinski definition) is 0. The number of allylic oxidation sites excluding steroid dienone is 2. The minimum atomic E-state index is -1.62. The molecule has 3 aliphatic heterocycles. The second-order valence-electron chi connectivity index (χ2n) is 13.6. The Morgan fingerprint density at radius 1 is 0.604 bits per heavy atom. The molecule has 10 nitrogen and oxygen atoms in total. The van der Waals surface area contributed by atoms with Crippen LogP contribution >= 0.6 is 0 Å². The SMILES string of the molecule is CC(=O)Oc1ccc(N2C(=O)[C@@H]3[C@@H](C2=O)[C@@]2(c4ccccc4)C(=O)[C@@]3(c3ccccc3)C(c3ccc4c(c3)OCO4)=C2c2ccc3c(c2)OCO3)cc1. The van der Waals surface area contributed by atoms with Crippen molar-refractivity contribution in [3.8, 4) is 28.7 Å². The van der Waals surface area contributed by atoms with Crippen LogP contribution in [0.3, 0.4) is 0 Å². The summed E-state index contributed by atoms with van der Waals surface area (Å²) in [6.07, 6.45) is 0. The van der Waals surface area contributed by atoms with E-state index in [0.29, 0.717) is 62.1 Å². The largest absolute Gasteiger partial charge is 0.454 e. The number of fused-ring (bicyclic) bond motifs is 7. The fourth-order valence-corrected chi connectivity index (χ4v) is 9.31. The van der Waals surface area contributed by atoms with E-state index in [2.05, 4.69) is 0 Å². The Bertz CT molecular complexity index is 2300. The van der Waals surface area contributed by atoms with Crippen LogP contribution in [-0.4, -0.2) is 37.2 Å². The van der Waals surface area contributed by atoms with E-state index in [4.69, 9.17) is 23.7 Å². The molecule has 1 saturated heterocycles. The predicted molar refractivity (Wildman–Crippen MR) is 190 cm³/mol. The van der Waals surface area contributed by atoms with Gasteiger partial charge in [-0.3, -0.25) is 19.2 Å². The topological polar surface area (TPSA) is 118 Å². The summed E-state index contributed by atoms with van der Waals surface area (Å²) < 4.78 is 28.3. The molecule has 0 spiro atoms. The zero-order valence-corrected chi connectivity index (χ0v) is 28.2. The quantitative estimate of drug-likeness (QED) is 0.115. The van der Waals surface area contributed by atoms with Gasteiger partial charge in [0.1, 0.15) is 5.75 Å². The van der Waals surface area contributed by atoms with E-state index in [1.54, 1.807) is 24.3 Å². The molecular weight excluding hydrogens is 674 g/mol. The number of esters is 1. The highest BCUT2D eigenvalue weighted by Gasteiger charge is 2.82. The number of carbonyl (C=O) groups is 4. The van der Waals surface area contributed by atoms with Gasteiger partial charge in [-0.15, -0.1) is 0 Å². The van der Waals surface area contributed by atoms with E-state index in [9.17, 15) is 4.79 Å². The molecule has 10 heteroatoms. The molecule has 10 rings (SSSR count). The molecule has 2 bridgehead atoms. The number of carbonyl (C=O) groups excluding carboxylic acids is 4. The maximum Gasteiger partial charge on any atom is 0.308 e. The molecule has 0 unspecified atom stereocenters. The van der Waals surface area contributed by atoms with Crippen LogP contribution in [0.25, 0.3) is 11.1 Å². The monoisotopic (exact) mass is 703 g/mol. The third-order valence-corrected chi connectivity index (χ3v) is 11.1. The molecule has 53 heavy (non-hydrogen) atoms. The van der Waals surface area contributed by atoms with Crippen molar-refractivity contribution in [3.05, 3.63) is 144 Å². The molecule has 2 amide bonds. The van der Waals surface area contributed by atoms with Gasteiger partial charge < -0.3 is 23.7 Å². The zero-order chi connectivity index (χ0) is 36.1. The number of hydrogen-bond acceptors (Lipinski definition) is 9. The molecule has 0 N–H and O–H groups in total. The van der Waals surface area contributed by atoms with Gasteiger partial charge in [0.25, 0.3) is 0 Å². The summed E-state index contributed by atoms with van der Waals surface area (Å²) in [6, 6.07) is 35.9. The second-order valence-corrected chi connectivity index (χ2v) is 13.6. The average molecular weight is 704 g/mol. The first-order valence-electron chi connectivity index (χ1n) is 17.2. The lowest BCUT2D eigenvalue weighted by Gasteiger charge is -2.39. The third-order valence-electron chi connectivity index (χ3n) is 11.1. The van der Waals surface area contributed by atoms with Gasteiger partial charge in [0, 0.05) is 6.92 Å². The smallest absolute Gasteiger partial charge is 0.308 e. The molecule has 0 aromatic heterocycles. The number of benzene rings is 5. The van der Waals surface area contributed by atoms with Crippen molar-refractivity contribution in [1.29, 1.82) is 0 Å². The number of amides is 2. The molecule has 4 atom stereocenters.